The normalized spacial score (nSPS) is 23.3. The third-order valence-electron chi connectivity index (χ3n) is 5.16. The van der Waals surface area contributed by atoms with Crippen LogP contribution in [0.5, 0.6) is 0 Å². The lowest BCUT2D eigenvalue weighted by molar-refractivity contribution is -0.127. The topological polar surface area (TPSA) is 66.5 Å². The Morgan fingerprint density at radius 1 is 1.04 bits per heavy atom. The van der Waals surface area contributed by atoms with Crippen molar-refractivity contribution in [2.24, 2.45) is 5.92 Å². The zero-order valence-electron chi connectivity index (χ0n) is 14.3. The highest BCUT2D eigenvalue weighted by Gasteiger charge is 2.34. The zero-order valence-corrected chi connectivity index (χ0v) is 15.1. The van der Waals surface area contributed by atoms with Crippen LogP contribution in [0.2, 0.25) is 0 Å². The maximum atomic E-state index is 13.0. The van der Waals surface area contributed by atoms with Crippen LogP contribution in [0.1, 0.15) is 44.9 Å². The molecule has 0 spiro atoms. The SMILES string of the molecule is O=C(NC1CCCCC1)[C@@H]1CCCN(S(=O)(=O)c2ccc(F)cc2)C1. The predicted molar refractivity (Wildman–Crippen MR) is 92.9 cm³/mol. The summed E-state index contributed by atoms with van der Waals surface area (Å²) in [4.78, 5) is 12.6. The van der Waals surface area contributed by atoms with Gasteiger partial charge in [0.2, 0.25) is 15.9 Å². The van der Waals surface area contributed by atoms with Gasteiger partial charge in [-0.25, -0.2) is 12.8 Å². The van der Waals surface area contributed by atoms with Gasteiger partial charge >= 0.3 is 0 Å². The monoisotopic (exact) mass is 368 g/mol. The largest absolute Gasteiger partial charge is 0.353 e. The van der Waals surface area contributed by atoms with Gasteiger partial charge in [-0.2, -0.15) is 4.31 Å². The van der Waals surface area contributed by atoms with E-state index in [2.05, 4.69) is 5.32 Å². The van der Waals surface area contributed by atoms with E-state index in [-0.39, 0.29) is 29.3 Å². The Bertz CT molecular complexity index is 700. The molecule has 1 aromatic carbocycles. The summed E-state index contributed by atoms with van der Waals surface area (Å²) in [6.45, 7) is 0.588. The van der Waals surface area contributed by atoms with Gasteiger partial charge in [-0.05, 0) is 49.9 Å². The molecule has 2 aliphatic rings. The molecule has 3 rings (SSSR count). The van der Waals surface area contributed by atoms with Gasteiger partial charge in [0.15, 0.2) is 0 Å². The van der Waals surface area contributed by atoms with Crippen LogP contribution in [-0.4, -0.2) is 37.8 Å². The second kappa shape index (κ2) is 7.83. The third kappa shape index (κ3) is 4.39. The number of carbonyl (C=O) groups excluding carboxylic acids is 1. The summed E-state index contributed by atoms with van der Waals surface area (Å²) in [7, 11) is -3.69. The van der Waals surface area contributed by atoms with E-state index in [1.807, 2.05) is 0 Å². The first kappa shape index (κ1) is 18.3. The average Bonchev–Trinajstić information content (AvgIpc) is 2.63. The molecule has 5 nitrogen and oxygen atoms in total. The highest BCUT2D eigenvalue weighted by atomic mass is 32.2. The summed E-state index contributed by atoms with van der Waals surface area (Å²) in [6, 6.07) is 5.06. The highest BCUT2D eigenvalue weighted by Crippen LogP contribution is 2.25. The zero-order chi connectivity index (χ0) is 17.9. The Hall–Kier alpha value is -1.47. The van der Waals surface area contributed by atoms with Gasteiger partial charge in [0, 0.05) is 19.1 Å². The number of rotatable bonds is 4. The number of benzene rings is 1. The summed E-state index contributed by atoms with van der Waals surface area (Å²) in [5, 5.41) is 3.10. The van der Waals surface area contributed by atoms with Crippen LogP contribution in [0.4, 0.5) is 4.39 Å². The fraction of sp³-hybridized carbons (Fsp3) is 0.611. The van der Waals surface area contributed by atoms with Crippen LogP contribution in [0.25, 0.3) is 0 Å². The van der Waals surface area contributed by atoms with E-state index in [0.717, 1.165) is 37.8 Å². The summed E-state index contributed by atoms with van der Waals surface area (Å²) >= 11 is 0. The fourth-order valence-corrected chi connectivity index (χ4v) is 5.22. The maximum absolute atomic E-state index is 13.0. The average molecular weight is 368 g/mol. The van der Waals surface area contributed by atoms with Crippen LogP contribution in [0.15, 0.2) is 29.2 Å². The lowest BCUT2D eigenvalue weighted by Crippen LogP contribution is -2.47. The van der Waals surface area contributed by atoms with Crippen molar-refractivity contribution < 1.29 is 17.6 Å². The minimum Gasteiger partial charge on any atom is -0.353 e. The van der Waals surface area contributed by atoms with Gasteiger partial charge < -0.3 is 5.32 Å². The smallest absolute Gasteiger partial charge is 0.243 e. The number of nitrogens with zero attached hydrogens (tertiary/aromatic N) is 1. The molecule has 0 radical (unpaired) electrons. The van der Waals surface area contributed by atoms with Gasteiger partial charge in [-0.15, -0.1) is 0 Å². The molecule has 2 fully saturated rings. The molecule has 1 saturated carbocycles. The molecular weight excluding hydrogens is 343 g/mol. The van der Waals surface area contributed by atoms with Crippen LogP contribution in [0.3, 0.4) is 0 Å². The Balaban J connectivity index is 1.65. The first-order valence-electron chi connectivity index (χ1n) is 9.03. The van der Waals surface area contributed by atoms with E-state index >= 15 is 0 Å². The molecule has 1 heterocycles. The molecule has 138 valence electrons. The molecule has 1 aromatic rings. The Morgan fingerprint density at radius 3 is 2.40 bits per heavy atom. The van der Waals surface area contributed by atoms with Crippen LogP contribution in [-0.2, 0) is 14.8 Å². The molecule has 0 bridgehead atoms. The van der Waals surface area contributed by atoms with Crippen LogP contribution >= 0.6 is 0 Å². The van der Waals surface area contributed by atoms with Gasteiger partial charge in [0.25, 0.3) is 0 Å². The molecular formula is C18H25FN2O3S. The van der Waals surface area contributed by atoms with Crippen molar-refractivity contribution in [1.82, 2.24) is 9.62 Å². The number of hydrogen-bond acceptors (Lipinski definition) is 3. The molecule has 1 atom stereocenters. The number of nitrogens with one attached hydrogen (secondary N) is 1. The molecule has 0 unspecified atom stereocenters. The van der Waals surface area contributed by atoms with Gasteiger partial charge in [0.1, 0.15) is 5.82 Å². The van der Waals surface area contributed by atoms with E-state index in [1.54, 1.807) is 0 Å². The minimum atomic E-state index is -3.69. The van der Waals surface area contributed by atoms with E-state index < -0.39 is 15.8 Å². The number of sulfonamides is 1. The molecule has 25 heavy (non-hydrogen) atoms. The summed E-state index contributed by atoms with van der Waals surface area (Å²) < 4.78 is 39.9. The molecule has 1 amide bonds. The molecule has 1 N–H and O–H groups in total. The van der Waals surface area contributed by atoms with Crippen molar-refractivity contribution >= 4 is 15.9 Å². The number of hydrogen-bond donors (Lipinski definition) is 1. The Labute approximate surface area is 148 Å². The van der Waals surface area contributed by atoms with E-state index in [4.69, 9.17) is 0 Å². The summed E-state index contributed by atoms with van der Waals surface area (Å²) in [6.07, 6.45) is 6.88. The van der Waals surface area contributed by atoms with Crippen molar-refractivity contribution in [2.45, 2.75) is 55.9 Å². The highest BCUT2D eigenvalue weighted by molar-refractivity contribution is 7.89. The van der Waals surface area contributed by atoms with Crippen molar-refractivity contribution in [3.05, 3.63) is 30.1 Å². The van der Waals surface area contributed by atoms with E-state index in [9.17, 15) is 17.6 Å². The molecule has 1 aliphatic heterocycles. The summed E-state index contributed by atoms with van der Waals surface area (Å²) in [5.74, 6) is -0.820. The lowest BCUT2D eigenvalue weighted by atomic mass is 9.93. The predicted octanol–water partition coefficient (Wildman–Crippen LogP) is 2.68. The molecule has 1 aliphatic carbocycles. The fourth-order valence-electron chi connectivity index (χ4n) is 3.70. The standard InChI is InChI=1S/C18H25FN2O3S/c19-15-8-10-17(11-9-15)25(23,24)21-12-4-5-14(13-21)18(22)20-16-6-2-1-3-7-16/h8-11,14,16H,1-7,12-13H2,(H,20,22)/t14-/m1/s1. The minimum absolute atomic E-state index is 0.0362. The number of amides is 1. The van der Waals surface area contributed by atoms with Crippen molar-refractivity contribution in [1.29, 1.82) is 0 Å². The van der Waals surface area contributed by atoms with Gasteiger partial charge in [-0.1, -0.05) is 19.3 Å². The van der Waals surface area contributed by atoms with E-state index in [0.29, 0.717) is 19.4 Å². The van der Waals surface area contributed by atoms with E-state index in [1.165, 1.54) is 22.9 Å². The first-order valence-corrected chi connectivity index (χ1v) is 10.5. The van der Waals surface area contributed by atoms with Crippen molar-refractivity contribution in [3.8, 4) is 0 Å². The quantitative estimate of drug-likeness (QED) is 0.889. The van der Waals surface area contributed by atoms with Gasteiger partial charge in [0.05, 0.1) is 10.8 Å². The Morgan fingerprint density at radius 2 is 1.72 bits per heavy atom. The lowest BCUT2D eigenvalue weighted by Gasteiger charge is -2.32. The van der Waals surface area contributed by atoms with Crippen molar-refractivity contribution in [3.63, 3.8) is 0 Å². The second-order valence-corrected chi connectivity index (χ2v) is 8.94. The third-order valence-corrected chi connectivity index (χ3v) is 7.04. The van der Waals surface area contributed by atoms with Crippen molar-refractivity contribution in [2.75, 3.05) is 13.1 Å². The molecule has 1 saturated heterocycles. The molecule has 7 heteroatoms. The summed E-state index contributed by atoms with van der Waals surface area (Å²) in [5.41, 5.74) is 0. The Kier molecular flexibility index (Phi) is 5.74. The maximum Gasteiger partial charge on any atom is 0.243 e. The number of piperidine rings is 1. The number of carbonyl (C=O) groups is 1. The van der Waals surface area contributed by atoms with Crippen LogP contribution < -0.4 is 5.32 Å². The number of halogens is 1. The van der Waals surface area contributed by atoms with Crippen LogP contribution in [0, 0.1) is 11.7 Å². The molecule has 0 aromatic heterocycles. The second-order valence-electron chi connectivity index (χ2n) is 7.00. The first-order chi connectivity index (χ1) is 12.0. The van der Waals surface area contributed by atoms with Gasteiger partial charge in [-0.3, -0.25) is 4.79 Å².